The third-order valence-corrected chi connectivity index (χ3v) is 3.81. The molecule has 0 spiro atoms. The molecular weight excluding hydrogens is 358 g/mol. The van der Waals surface area contributed by atoms with E-state index in [1.165, 1.54) is 12.1 Å². The molecule has 5 heteroatoms. The molecule has 0 atom stereocenters. The van der Waals surface area contributed by atoms with Gasteiger partial charge in [0.2, 0.25) is 0 Å². The molecule has 0 saturated carbocycles. The van der Waals surface area contributed by atoms with Gasteiger partial charge in [-0.1, -0.05) is 40.2 Å². The predicted octanol–water partition coefficient (Wildman–Crippen LogP) is 5.32. The van der Waals surface area contributed by atoms with E-state index in [4.69, 9.17) is 4.74 Å². The van der Waals surface area contributed by atoms with Gasteiger partial charge in [0.15, 0.2) is 0 Å². The predicted molar refractivity (Wildman–Crippen MR) is 97.0 cm³/mol. The highest BCUT2D eigenvalue weighted by atomic mass is 79.9. The first kappa shape index (κ1) is 17.2. The van der Waals surface area contributed by atoms with Crippen molar-refractivity contribution in [2.24, 2.45) is 0 Å². The van der Waals surface area contributed by atoms with Gasteiger partial charge in [-0.05, 0) is 48.2 Å². The molecule has 4 nitrogen and oxygen atoms in total. The molecule has 2 rings (SSSR count). The lowest BCUT2D eigenvalue weighted by atomic mass is 10.1. The standard InChI is InChI=1S/C18H18BrNO3/c19-13-1-2-14-23-18-11-7-16(8-12-18)4-3-15-5-9-17(10-6-15)20(21)22/h3-12H,1-2,13-14H2/b4-3+. The smallest absolute Gasteiger partial charge is 0.269 e. The molecule has 0 aromatic heterocycles. The van der Waals surface area contributed by atoms with Crippen LogP contribution in [0, 0.1) is 10.1 Å². The molecule has 0 aliphatic rings. The number of hydrogen-bond donors (Lipinski definition) is 0. The van der Waals surface area contributed by atoms with Crippen LogP contribution in [0.3, 0.4) is 0 Å². The van der Waals surface area contributed by atoms with Crippen LogP contribution in [0.5, 0.6) is 5.75 Å². The first-order chi connectivity index (χ1) is 11.2. The van der Waals surface area contributed by atoms with Crippen molar-refractivity contribution < 1.29 is 9.66 Å². The third-order valence-electron chi connectivity index (χ3n) is 3.25. The Morgan fingerprint density at radius 3 is 2.04 bits per heavy atom. The maximum absolute atomic E-state index is 10.6. The number of benzene rings is 2. The number of unbranched alkanes of at least 4 members (excludes halogenated alkanes) is 1. The van der Waals surface area contributed by atoms with Crippen molar-refractivity contribution >= 4 is 33.8 Å². The van der Waals surface area contributed by atoms with Gasteiger partial charge in [0.05, 0.1) is 11.5 Å². The fourth-order valence-corrected chi connectivity index (χ4v) is 2.36. The van der Waals surface area contributed by atoms with Crippen LogP contribution < -0.4 is 4.74 Å². The van der Waals surface area contributed by atoms with E-state index in [9.17, 15) is 10.1 Å². The van der Waals surface area contributed by atoms with Crippen molar-refractivity contribution in [1.82, 2.24) is 0 Å². The molecule has 0 saturated heterocycles. The molecular formula is C18H18BrNO3. The second kappa shape index (κ2) is 9.10. The third kappa shape index (κ3) is 5.87. The van der Waals surface area contributed by atoms with Gasteiger partial charge in [0.1, 0.15) is 5.75 Å². The summed E-state index contributed by atoms with van der Waals surface area (Å²) in [5.41, 5.74) is 2.07. The van der Waals surface area contributed by atoms with Gasteiger partial charge in [0.25, 0.3) is 5.69 Å². The second-order valence-corrected chi connectivity index (χ2v) is 5.79. The summed E-state index contributed by atoms with van der Waals surface area (Å²) < 4.78 is 5.65. The molecule has 0 bridgehead atoms. The molecule has 2 aromatic carbocycles. The Bertz CT molecular complexity index is 651. The minimum atomic E-state index is -0.399. The van der Waals surface area contributed by atoms with Crippen molar-refractivity contribution in [3.8, 4) is 5.75 Å². The summed E-state index contributed by atoms with van der Waals surface area (Å²) in [5, 5.41) is 11.6. The summed E-state index contributed by atoms with van der Waals surface area (Å²) in [4.78, 5) is 10.2. The zero-order chi connectivity index (χ0) is 16.5. The molecule has 0 fully saturated rings. The van der Waals surface area contributed by atoms with E-state index in [-0.39, 0.29) is 5.69 Å². The number of rotatable bonds is 8. The van der Waals surface area contributed by atoms with Crippen LogP contribution in [0.4, 0.5) is 5.69 Å². The summed E-state index contributed by atoms with van der Waals surface area (Å²) in [6, 6.07) is 14.3. The Balaban J connectivity index is 1.90. The van der Waals surface area contributed by atoms with Gasteiger partial charge in [-0.3, -0.25) is 10.1 Å². The number of alkyl halides is 1. The maximum Gasteiger partial charge on any atom is 0.269 e. The molecule has 0 amide bonds. The van der Waals surface area contributed by atoms with Crippen LogP contribution in [-0.4, -0.2) is 16.9 Å². The lowest BCUT2D eigenvalue weighted by Crippen LogP contribution is -1.97. The van der Waals surface area contributed by atoms with E-state index >= 15 is 0 Å². The number of ether oxygens (including phenoxy) is 1. The lowest BCUT2D eigenvalue weighted by Gasteiger charge is -2.05. The molecule has 120 valence electrons. The SMILES string of the molecule is O=[N+]([O-])c1ccc(/C=C/c2ccc(OCCCCBr)cc2)cc1. The minimum Gasteiger partial charge on any atom is -0.494 e. The number of non-ortho nitro benzene ring substituents is 1. The summed E-state index contributed by atoms with van der Waals surface area (Å²) in [7, 11) is 0. The Hall–Kier alpha value is -2.14. The van der Waals surface area contributed by atoms with E-state index in [0.717, 1.165) is 41.7 Å². The van der Waals surface area contributed by atoms with Gasteiger partial charge in [-0.2, -0.15) is 0 Å². The fraction of sp³-hybridized carbons (Fsp3) is 0.222. The average molecular weight is 376 g/mol. The van der Waals surface area contributed by atoms with E-state index in [1.54, 1.807) is 12.1 Å². The van der Waals surface area contributed by atoms with Crippen LogP contribution in [0.25, 0.3) is 12.2 Å². The summed E-state index contributed by atoms with van der Waals surface area (Å²) >= 11 is 3.40. The van der Waals surface area contributed by atoms with Crippen LogP contribution >= 0.6 is 15.9 Å². The molecule has 0 unspecified atom stereocenters. The zero-order valence-corrected chi connectivity index (χ0v) is 14.2. The van der Waals surface area contributed by atoms with Gasteiger partial charge in [0, 0.05) is 17.5 Å². The Labute approximate surface area is 144 Å². The Kier molecular flexibility index (Phi) is 6.81. The molecule has 2 aromatic rings. The largest absolute Gasteiger partial charge is 0.494 e. The molecule has 0 radical (unpaired) electrons. The number of nitrogens with zero attached hydrogens (tertiary/aromatic N) is 1. The highest BCUT2D eigenvalue weighted by Gasteiger charge is 2.02. The van der Waals surface area contributed by atoms with Crippen molar-refractivity contribution in [2.75, 3.05) is 11.9 Å². The van der Waals surface area contributed by atoms with Crippen LogP contribution in [0.15, 0.2) is 48.5 Å². The highest BCUT2D eigenvalue weighted by molar-refractivity contribution is 9.09. The Morgan fingerprint density at radius 1 is 0.957 bits per heavy atom. The quantitative estimate of drug-likeness (QED) is 0.206. The monoisotopic (exact) mass is 375 g/mol. The normalized spacial score (nSPS) is 10.8. The molecule has 23 heavy (non-hydrogen) atoms. The molecule has 0 aliphatic heterocycles. The minimum absolute atomic E-state index is 0.101. The van der Waals surface area contributed by atoms with Crippen LogP contribution in [0.1, 0.15) is 24.0 Å². The van der Waals surface area contributed by atoms with Gasteiger partial charge < -0.3 is 4.74 Å². The summed E-state index contributed by atoms with van der Waals surface area (Å²) in [6.07, 6.45) is 6.04. The zero-order valence-electron chi connectivity index (χ0n) is 12.7. The number of hydrogen-bond acceptors (Lipinski definition) is 3. The lowest BCUT2D eigenvalue weighted by molar-refractivity contribution is -0.384. The van der Waals surface area contributed by atoms with E-state index in [1.807, 2.05) is 36.4 Å². The van der Waals surface area contributed by atoms with Crippen molar-refractivity contribution in [1.29, 1.82) is 0 Å². The van der Waals surface area contributed by atoms with E-state index < -0.39 is 4.92 Å². The van der Waals surface area contributed by atoms with Gasteiger partial charge >= 0.3 is 0 Å². The van der Waals surface area contributed by atoms with Crippen LogP contribution in [-0.2, 0) is 0 Å². The molecule has 0 N–H and O–H groups in total. The topological polar surface area (TPSA) is 52.4 Å². The molecule has 0 aliphatic carbocycles. The maximum atomic E-state index is 10.6. The first-order valence-electron chi connectivity index (χ1n) is 7.40. The fourth-order valence-electron chi connectivity index (χ4n) is 1.96. The number of nitro groups is 1. The summed E-state index contributed by atoms with van der Waals surface area (Å²) in [6.45, 7) is 0.726. The van der Waals surface area contributed by atoms with Crippen molar-refractivity contribution in [3.63, 3.8) is 0 Å². The number of halogens is 1. The first-order valence-corrected chi connectivity index (χ1v) is 8.52. The average Bonchev–Trinajstić information content (AvgIpc) is 2.58. The highest BCUT2D eigenvalue weighted by Crippen LogP contribution is 2.17. The van der Waals surface area contributed by atoms with Crippen molar-refractivity contribution in [2.45, 2.75) is 12.8 Å². The van der Waals surface area contributed by atoms with Crippen molar-refractivity contribution in [3.05, 3.63) is 69.8 Å². The summed E-state index contributed by atoms with van der Waals surface area (Å²) in [5.74, 6) is 0.868. The van der Waals surface area contributed by atoms with E-state index in [0.29, 0.717) is 0 Å². The Morgan fingerprint density at radius 2 is 1.52 bits per heavy atom. The van der Waals surface area contributed by atoms with Gasteiger partial charge in [-0.25, -0.2) is 0 Å². The van der Waals surface area contributed by atoms with Gasteiger partial charge in [-0.15, -0.1) is 0 Å². The molecule has 0 heterocycles. The van der Waals surface area contributed by atoms with Crippen LogP contribution in [0.2, 0.25) is 0 Å². The number of nitro benzene ring substituents is 1. The second-order valence-electron chi connectivity index (χ2n) is 5.00. The van der Waals surface area contributed by atoms with E-state index in [2.05, 4.69) is 15.9 Å².